The molecule has 1 N–H and O–H groups in total. The van der Waals surface area contributed by atoms with Crippen molar-refractivity contribution in [3.05, 3.63) is 20.3 Å². The first-order valence-electron chi connectivity index (χ1n) is 5.91. The van der Waals surface area contributed by atoms with Gasteiger partial charge in [-0.1, -0.05) is 0 Å². The van der Waals surface area contributed by atoms with E-state index < -0.39 is 0 Å². The molecule has 1 atom stereocenters. The van der Waals surface area contributed by atoms with Crippen LogP contribution in [-0.4, -0.2) is 44.3 Å². The van der Waals surface area contributed by atoms with E-state index in [1.165, 1.54) is 14.2 Å². The zero-order valence-electron chi connectivity index (χ0n) is 10.3. The molecular formula is C12H19BrN2OS. The summed E-state index contributed by atoms with van der Waals surface area (Å²) < 4.78 is 6.93. The Balaban J connectivity index is 1.81. The van der Waals surface area contributed by atoms with Gasteiger partial charge in [-0.3, -0.25) is 4.90 Å². The molecule has 0 bridgehead atoms. The minimum Gasteiger partial charge on any atom is -0.374 e. The fourth-order valence-electron chi connectivity index (χ4n) is 2.01. The largest absolute Gasteiger partial charge is 0.374 e. The Bertz CT molecular complexity index is 344. The van der Waals surface area contributed by atoms with Gasteiger partial charge in [-0.25, -0.2) is 0 Å². The molecule has 96 valence electrons. The van der Waals surface area contributed by atoms with Gasteiger partial charge < -0.3 is 10.1 Å². The first-order valence-corrected chi connectivity index (χ1v) is 7.52. The summed E-state index contributed by atoms with van der Waals surface area (Å²) in [6.07, 6.45) is 0.332. The third-order valence-corrected chi connectivity index (χ3v) is 4.98. The number of hydrogen-bond donors (Lipinski definition) is 1. The van der Waals surface area contributed by atoms with Crippen molar-refractivity contribution in [3.8, 4) is 0 Å². The molecule has 0 amide bonds. The number of hydrogen-bond acceptors (Lipinski definition) is 4. The molecule has 1 aromatic heterocycles. The number of nitrogens with zero attached hydrogens (tertiary/aromatic N) is 1. The minimum atomic E-state index is 0.332. The highest BCUT2D eigenvalue weighted by Gasteiger charge is 2.16. The number of aryl methyl sites for hydroxylation is 1. The SMILES string of the molecule is Cc1sc(CN(C)CC2CNCCO2)cc1Br. The van der Waals surface area contributed by atoms with E-state index in [1.54, 1.807) is 0 Å². The predicted octanol–water partition coefficient (Wildman–Crippen LogP) is 2.24. The molecular weight excluding hydrogens is 300 g/mol. The lowest BCUT2D eigenvalue weighted by Crippen LogP contribution is -2.44. The molecule has 17 heavy (non-hydrogen) atoms. The lowest BCUT2D eigenvalue weighted by Gasteiger charge is -2.27. The van der Waals surface area contributed by atoms with Gasteiger partial charge in [-0.2, -0.15) is 0 Å². The molecule has 2 heterocycles. The highest BCUT2D eigenvalue weighted by Crippen LogP contribution is 2.27. The van der Waals surface area contributed by atoms with Crippen LogP contribution >= 0.6 is 27.3 Å². The van der Waals surface area contributed by atoms with Gasteiger partial charge in [0, 0.05) is 40.4 Å². The van der Waals surface area contributed by atoms with Crippen molar-refractivity contribution in [3.63, 3.8) is 0 Å². The molecule has 1 saturated heterocycles. The summed E-state index contributed by atoms with van der Waals surface area (Å²) in [6.45, 7) is 6.92. The van der Waals surface area contributed by atoms with Crippen LogP contribution in [0.5, 0.6) is 0 Å². The van der Waals surface area contributed by atoms with E-state index in [4.69, 9.17) is 4.74 Å². The van der Waals surface area contributed by atoms with Gasteiger partial charge in [0.1, 0.15) is 0 Å². The number of likely N-dealkylation sites (N-methyl/N-ethyl adjacent to an activating group) is 1. The Labute approximate surface area is 115 Å². The van der Waals surface area contributed by atoms with Crippen LogP contribution in [-0.2, 0) is 11.3 Å². The Morgan fingerprint density at radius 2 is 2.47 bits per heavy atom. The number of thiophene rings is 1. The van der Waals surface area contributed by atoms with Gasteiger partial charge in [0.15, 0.2) is 0 Å². The number of ether oxygens (including phenoxy) is 1. The minimum absolute atomic E-state index is 0.332. The number of nitrogens with one attached hydrogen (secondary N) is 1. The molecule has 1 aromatic rings. The molecule has 0 aliphatic carbocycles. The summed E-state index contributed by atoms with van der Waals surface area (Å²) in [5.41, 5.74) is 0. The second-order valence-electron chi connectivity index (χ2n) is 4.51. The molecule has 1 aliphatic heterocycles. The summed E-state index contributed by atoms with van der Waals surface area (Å²) in [7, 11) is 2.15. The number of morpholine rings is 1. The first kappa shape index (κ1) is 13.5. The van der Waals surface area contributed by atoms with Crippen molar-refractivity contribution in [2.45, 2.75) is 19.6 Å². The fraction of sp³-hybridized carbons (Fsp3) is 0.667. The van der Waals surface area contributed by atoms with Crippen molar-refractivity contribution >= 4 is 27.3 Å². The Hall–Kier alpha value is 0.0600. The van der Waals surface area contributed by atoms with Crippen LogP contribution in [0.15, 0.2) is 10.5 Å². The van der Waals surface area contributed by atoms with Gasteiger partial charge in [0.05, 0.1) is 12.7 Å². The van der Waals surface area contributed by atoms with Gasteiger partial charge in [-0.05, 0) is 36.0 Å². The molecule has 5 heteroatoms. The number of rotatable bonds is 4. The molecule has 0 aromatic carbocycles. The highest BCUT2D eigenvalue weighted by molar-refractivity contribution is 9.10. The van der Waals surface area contributed by atoms with E-state index in [9.17, 15) is 0 Å². The van der Waals surface area contributed by atoms with Crippen LogP contribution in [0.3, 0.4) is 0 Å². The zero-order chi connectivity index (χ0) is 12.3. The second kappa shape index (κ2) is 6.29. The molecule has 0 saturated carbocycles. The summed E-state index contributed by atoms with van der Waals surface area (Å²) >= 11 is 5.42. The molecule has 1 unspecified atom stereocenters. The van der Waals surface area contributed by atoms with Crippen LogP contribution in [0.4, 0.5) is 0 Å². The molecule has 1 fully saturated rings. The standard InChI is InChI=1S/C12H19BrN2OS/c1-9-12(13)5-11(17-9)8-15(2)7-10-6-14-3-4-16-10/h5,10,14H,3-4,6-8H2,1-2H3. The third kappa shape index (κ3) is 4.03. The smallest absolute Gasteiger partial charge is 0.0826 e. The third-order valence-electron chi connectivity index (χ3n) is 2.85. The molecule has 2 rings (SSSR count). The first-order chi connectivity index (χ1) is 8.15. The average Bonchev–Trinajstić information content (AvgIpc) is 2.59. The van der Waals surface area contributed by atoms with Crippen LogP contribution in [0, 0.1) is 6.92 Å². The normalized spacial score (nSPS) is 21.1. The van der Waals surface area contributed by atoms with Crippen LogP contribution in [0.2, 0.25) is 0 Å². The number of halogens is 1. The van der Waals surface area contributed by atoms with E-state index in [0.29, 0.717) is 6.10 Å². The Morgan fingerprint density at radius 1 is 1.65 bits per heavy atom. The van der Waals surface area contributed by atoms with Gasteiger partial charge in [0.25, 0.3) is 0 Å². The summed E-state index contributed by atoms with van der Waals surface area (Å²) in [5.74, 6) is 0. The predicted molar refractivity (Wildman–Crippen MR) is 75.7 cm³/mol. The molecule has 3 nitrogen and oxygen atoms in total. The lowest BCUT2D eigenvalue weighted by molar-refractivity contribution is 0.00899. The molecule has 0 radical (unpaired) electrons. The Kier molecular flexibility index (Phi) is 4.99. The average molecular weight is 319 g/mol. The van der Waals surface area contributed by atoms with E-state index in [2.05, 4.69) is 46.2 Å². The zero-order valence-corrected chi connectivity index (χ0v) is 12.7. The van der Waals surface area contributed by atoms with Crippen molar-refractivity contribution in [2.24, 2.45) is 0 Å². The summed E-state index contributed by atoms with van der Waals surface area (Å²) in [4.78, 5) is 5.08. The van der Waals surface area contributed by atoms with E-state index in [0.717, 1.165) is 32.8 Å². The quantitative estimate of drug-likeness (QED) is 0.921. The highest BCUT2D eigenvalue weighted by atomic mass is 79.9. The van der Waals surface area contributed by atoms with E-state index >= 15 is 0 Å². The van der Waals surface area contributed by atoms with Crippen molar-refractivity contribution < 1.29 is 4.74 Å². The van der Waals surface area contributed by atoms with Crippen molar-refractivity contribution in [1.29, 1.82) is 0 Å². The van der Waals surface area contributed by atoms with Crippen LogP contribution in [0.25, 0.3) is 0 Å². The van der Waals surface area contributed by atoms with Gasteiger partial charge >= 0.3 is 0 Å². The molecule has 1 aliphatic rings. The van der Waals surface area contributed by atoms with E-state index in [1.807, 2.05) is 11.3 Å². The fourth-order valence-corrected chi connectivity index (χ4v) is 3.69. The van der Waals surface area contributed by atoms with Crippen LogP contribution in [0.1, 0.15) is 9.75 Å². The summed E-state index contributed by atoms with van der Waals surface area (Å²) in [5, 5.41) is 3.36. The second-order valence-corrected chi connectivity index (χ2v) is 6.71. The molecule has 0 spiro atoms. The van der Waals surface area contributed by atoms with Gasteiger partial charge in [0.2, 0.25) is 0 Å². The van der Waals surface area contributed by atoms with Gasteiger partial charge in [-0.15, -0.1) is 11.3 Å². The monoisotopic (exact) mass is 318 g/mol. The summed E-state index contributed by atoms with van der Waals surface area (Å²) in [6, 6.07) is 2.22. The maximum absolute atomic E-state index is 5.71. The van der Waals surface area contributed by atoms with E-state index in [-0.39, 0.29) is 0 Å². The van der Waals surface area contributed by atoms with Crippen molar-refractivity contribution in [2.75, 3.05) is 33.3 Å². The van der Waals surface area contributed by atoms with Crippen LogP contribution < -0.4 is 5.32 Å². The Morgan fingerprint density at radius 3 is 3.06 bits per heavy atom. The maximum atomic E-state index is 5.71. The topological polar surface area (TPSA) is 24.5 Å². The maximum Gasteiger partial charge on any atom is 0.0826 e. The van der Waals surface area contributed by atoms with Crippen molar-refractivity contribution in [1.82, 2.24) is 10.2 Å². The lowest BCUT2D eigenvalue weighted by atomic mass is 10.3.